The maximum absolute atomic E-state index is 11.9. The van der Waals surface area contributed by atoms with Gasteiger partial charge in [0.05, 0.1) is 6.54 Å². The standard InChI is InChI=1S/C10H11N3O4S2/c1-13-5-4-11-8(13)6-12-19(16,17)9-3-2-7(18-9)10(14)15/h2-5,12H,6H2,1H3,(H,14,15). The number of carboxylic acid groups (broad SMARTS) is 1. The van der Waals surface area contributed by atoms with E-state index < -0.39 is 16.0 Å². The fraction of sp³-hybridized carbons (Fsp3) is 0.200. The van der Waals surface area contributed by atoms with Gasteiger partial charge in [-0.05, 0) is 12.1 Å². The summed E-state index contributed by atoms with van der Waals surface area (Å²) >= 11 is 0.712. The molecule has 0 saturated heterocycles. The van der Waals surface area contributed by atoms with Gasteiger partial charge < -0.3 is 9.67 Å². The Bertz CT molecular complexity index is 702. The highest BCUT2D eigenvalue weighted by molar-refractivity contribution is 7.91. The molecule has 0 bridgehead atoms. The third kappa shape index (κ3) is 3.00. The zero-order chi connectivity index (χ0) is 14.0. The van der Waals surface area contributed by atoms with Crippen LogP contribution in [0.4, 0.5) is 0 Å². The Hall–Kier alpha value is -1.71. The quantitative estimate of drug-likeness (QED) is 0.844. The van der Waals surface area contributed by atoms with Crippen molar-refractivity contribution in [2.75, 3.05) is 0 Å². The Morgan fingerprint density at radius 1 is 1.53 bits per heavy atom. The molecule has 2 aromatic rings. The minimum Gasteiger partial charge on any atom is -0.477 e. The highest BCUT2D eigenvalue weighted by Crippen LogP contribution is 2.21. The van der Waals surface area contributed by atoms with Gasteiger partial charge in [-0.25, -0.2) is 22.9 Å². The molecule has 0 radical (unpaired) electrons. The van der Waals surface area contributed by atoms with Crippen LogP contribution in [0.15, 0.2) is 28.7 Å². The molecule has 102 valence electrons. The fourth-order valence-electron chi connectivity index (χ4n) is 1.38. The number of carboxylic acids is 1. The number of aromatic carboxylic acids is 1. The lowest BCUT2D eigenvalue weighted by atomic mass is 10.5. The summed E-state index contributed by atoms with van der Waals surface area (Å²) in [6.07, 6.45) is 3.27. The van der Waals surface area contributed by atoms with Crippen molar-refractivity contribution in [1.82, 2.24) is 14.3 Å². The lowest BCUT2D eigenvalue weighted by Gasteiger charge is -2.04. The number of aryl methyl sites for hydroxylation is 1. The van der Waals surface area contributed by atoms with Gasteiger partial charge in [-0.2, -0.15) is 0 Å². The molecular formula is C10H11N3O4S2. The second-order valence-electron chi connectivity index (χ2n) is 3.70. The average Bonchev–Trinajstić information content (AvgIpc) is 2.95. The van der Waals surface area contributed by atoms with E-state index in [9.17, 15) is 13.2 Å². The number of thiophene rings is 1. The fourth-order valence-corrected chi connectivity index (χ4v) is 3.55. The Labute approximate surface area is 113 Å². The summed E-state index contributed by atoms with van der Waals surface area (Å²) in [5.74, 6) is -0.575. The van der Waals surface area contributed by atoms with Crippen LogP contribution in [0.1, 0.15) is 15.5 Å². The van der Waals surface area contributed by atoms with Crippen molar-refractivity contribution >= 4 is 27.3 Å². The second kappa shape index (κ2) is 5.11. The van der Waals surface area contributed by atoms with Crippen LogP contribution >= 0.6 is 11.3 Å². The van der Waals surface area contributed by atoms with Crippen molar-refractivity contribution in [3.05, 3.63) is 35.2 Å². The number of nitrogens with one attached hydrogen (secondary N) is 1. The van der Waals surface area contributed by atoms with E-state index in [2.05, 4.69) is 9.71 Å². The predicted molar refractivity (Wildman–Crippen MR) is 68.5 cm³/mol. The van der Waals surface area contributed by atoms with Gasteiger partial charge >= 0.3 is 5.97 Å². The summed E-state index contributed by atoms with van der Waals surface area (Å²) in [6, 6.07) is 2.54. The van der Waals surface area contributed by atoms with Gasteiger partial charge in [0.1, 0.15) is 14.9 Å². The molecule has 19 heavy (non-hydrogen) atoms. The van der Waals surface area contributed by atoms with Gasteiger partial charge in [-0.15, -0.1) is 11.3 Å². The topological polar surface area (TPSA) is 101 Å². The van der Waals surface area contributed by atoms with Crippen LogP contribution in [0.3, 0.4) is 0 Å². The van der Waals surface area contributed by atoms with Crippen LogP contribution < -0.4 is 4.72 Å². The van der Waals surface area contributed by atoms with Crippen molar-refractivity contribution in [3.8, 4) is 0 Å². The van der Waals surface area contributed by atoms with E-state index in [1.807, 2.05) is 0 Å². The number of rotatable bonds is 5. The number of carbonyl (C=O) groups is 1. The van der Waals surface area contributed by atoms with E-state index in [4.69, 9.17) is 5.11 Å². The first kappa shape index (κ1) is 13.7. The van der Waals surface area contributed by atoms with Crippen LogP contribution in [0.2, 0.25) is 0 Å². The highest BCUT2D eigenvalue weighted by Gasteiger charge is 2.19. The minimum absolute atomic E-state index is 0.0163. The zero-order valence-corrected chi connectivity index (χ0v) is 11.5. The van der Waals surface area contributed by atoms with Crippen molar-refractivity contribution in [3.63, 3.8) is 0 Å². The van der Waals surface area contributed by atoms with Crippen LogP contribution in [-0.4, -0.2) is 29.0 Å². The molecular weight excluding hydrogens is 290 g/mol. The largest absolute Gasteiger partial charge is 0.477 e. The first-order valence-corrected chi connectivity index (χ1v) is 7.49. The number of hydrogen-bond donors (Lipinski definition) is 2. The highest BCUT2D eigenvalue weighted by atomic mass is 32.2. The third-order valence-electron chi connectivity index (χ3n) is 2.40. The second-order valence-corrected chi connectivity index (χ2v) is 6.78. The number of hydrogen-bond acceptors (Lipinski definition) is 5. The Morgan fingerprint density at radius 2 is 2.26 bits per heavy atom. The van der Waals surface area contributed by atoms with Gasteiger partial charge in [-0.3, -0.25) is 0 Å². The van der Waals surface area contributed by atoms with E-state index in [0.29, 0.717) is 17.2 Å². The number of nitrogens with zero attached hydrogens (tertiary/aromatic N) is 2. The summed E-state index contributed by atoms with van der Waals surface area (Å²) in [6.45, 7) is 0.0478. The molecule has 2 rings (SSSR count). The summed E-state index contributed by atoms with van der Waals surface area (Å²) < 4.78 is 27.9. The zero-order valence-electron chi connectivity index (χ0n) is 9.90. The molecule has 2 aromatic heterocycles. The van der Waals surface area contributed by atoms with Crippen LogP contribution in [0.25, 0.3) is 0 Å². The molecule has 0 saturated carbocycles. The minimum atomic E-state index is -3.71. The smallest absolute Gasteiger partial charge is 0.345 e. The Kier molecular flexibility index (Phi) is 3.69. The van der Waals surface area contributed by atoms with E-state index >= 15 is 0 Å². The number of aromatic nitrogens is 2. The average molecular weight is 301 g/mol. The molecule has 2 N–H and O–H groups in total. The molecule has 0 unspecified atom stereocenters. The van der Waals surface area contributed by atoms with Gasteiger partial charge in [0.15, 0.2) is 0 Å². The normalized spacial score (nSPS) is 11.6. The van der Waals surface area contributed by atoms with E-state index in [-0.39, 0.29) is 15.6 Å². The van der Waals surface area contributed by atoms with Crippen LogP contribution in [0, 0.1) is 0 Å². The molecule has 9 heteroatoms. The molecule has 0 atom stereocenters. The van der Waals surface area contributed by atoms with E-state index in [1.165, 1.54) is 12.1 Å². The molecule has 0 spiro atoms. The van der Waals surface area contributed by atoms with Crippen molar-refractivity contribution in [1.29, 1.82) is 0 Å². The molecule has 0 amide bonds. The van der Waals surface area contributed by atoms with Gasteiger partial charge in [0, 0.05) is 19.4 Å². The summed E-state index contributed by atoms with van der Waals surface area (Å²) in [7, 11) is -1.96. The Balaban J connectivity index is 2.14. The first-order chi connectivity index (χ1) is 8.90. The lowest BCUT2D eigenvalue weighted by Crippen LogP contribution is -2.23. The molecule has 0 aliphatic rings. The molecule has 0 aliphatic heterocycles. The van der Waals surface area contributed by atoms with Gasteiger partial charge in [0.2, 0.25) is 10.0 Å². The van der Waals surface area contributed by atoms with Crippen molar-refractivity contribution in [2.45, 2.75) is 10.8 Å². The Morgan fingerprint density at radius 3 is 2.79 bits per heavy atom. The monoisotopic (exact) mass is 301 g/mol. The maximum atomic E-state index is 11.9. The van der Waals surface area contributed by atoms with Crippen LogP contribution in [0.5, 0.6) is 0 Å². The summed E-state index contributed by atoms with van der Waals surface area (Å²) in [5.41, 5.74) is 0. The molecule has 0 fully saturated rings. The molecule has 0 aromatic carbocycles. The van der Waals surface area contributed by atoms with Crippen molar-refractivity contribution in [2.24, 2.45) is 7.05 Å². The summed E-state index contributed by atoms with van der Waals surface area (Å²) in [4.78, 5) is 14.7. The van der Waals surface area contributed by atoms with E-state index in [0.717, 1.165) is 0 Å². The van der Waals surface area contributed by atoms with E-state index in [1.54, 1.807) is 24.0 Å². The third-order valence-corrected chi connectivity index (χ3v) is 5.36. The molecule has 2 heterocycles. The first-order valence-electron chi connectivity index (χ1n) is 5.19. The molecule has 7 nitrogen and oxygen atoms in total. The lowest BCUT2D eigenvalue weighted by molar-refractivity contribution is 0.0702. The number of sulfonamides is 1. The summed E-state index contributed by atoms with van der Waals surface area (Å²) in [5, 5.41) is 8.76. The van der Waals surface area contributed by atoms with Crippen LogP contribution in [-0.2, 0) is 23.6 Å². The predicted octanol–water partition coefficient (Wildman–Crippen LogP) is 0.658. The maximum Gasteiger partial charge on any atom is 0.345 e. The SMILES string of the molecule is Cn1ccnc1CNS(=O)(=O)c1ccc(C(=O)O)s1. The van der Waals surface area contributed by atoms with Gasteiger partial charge in [-0.1, -0.05) is 0 Å². The van der Waals surface area contributed by atoms with Crippen molar-refractivity contribution < 1.29 is 18.3 Å². The molecule has 0 aliphatic carbocycles. The van der Waals surface area contributed by atoms with Gasteiger partial charge in [0.25, 0.3) is 0 Å². The number of imidazole rings is 1.